The smallest absolute Gasteiger partial charge is 0.308 e. The first-order valence-corrected chi connectivity index (χ1v) is 7.62. The Bertz CT molecular complexity index is 439. The zero-order valence-corrected chi connectivity index (χ0v) is 12.8. The topological polar surface area (TPSA) is 60.5 Å². The van der Waals surface area contributed by atoms with E-state index in [1.807, 2.05) is 25.3 Å². The lowest BCUT2D eigenvalue weighted by Crippen LogP contribution is -2.35. The first-order valence-electron chi connectivity index (χ1n) is 7.62. The van der Waals surface area contributed by atoms with Crippen LogP contribution in [0.3, 0.4) is 0 Å². The molecule has 1 aliphatic rings. The normalized spacial score (nSPS) is 21.8. The minimum absolute atomic E-state index is 0.0321. The standard InChI is InChI=1S/C16H24N2O3/c1-3-21-16(19)13-5-7-14(8-6-13)17-10-12-4-9-15(20-2)18-11-12/h4,9,11,13-14,17H,3,5-8,10H2,1-2H3. The minimum atomic E-state index is -0.0321. The molecule has 21 heavy (non-hydrogen) atoms. The van der Waals surface area contributed by atoms with Gasteiger partial charge in [0.25, 0.3) is 0 Å². The van der Waals surface area contributed by atoms with Crippen LogP contribution in [0.5, 0.6) is 5.88 Å². The third kappa shape index (κ3) is 4.70. The molecule has 1 heterocycles. The van der Waals surface area contributed by atoms with Gasteiger partial charge < -0.3 is 14.8 Å². The molecule has 0 saturated heterocycles. The number of nitrogens with one attached hydrogen (secondary N) is 1. The van der Waals surface area contributed by atoms with Gasteiger partial charge in [-0.3, -0.25) is 4.79 Å². The molecule has 0 aromatic carbocycles. The quantitative estimate of drug-likeness (QED) is 0.815. The van der Waals surface area contributed by atoms with Gasteiger partial charge in [0.05, 0.1) is 19.6 Å². The predicted octanol–water partition coefficient (Wildman–Crippen LogP) is 2.30. The van der Waals surface area contributed by atoms with Crippen LogP contribution in [0.1, 0.15) is 38.2 Å². The van der Waals surface area contributed by atoms with E-state index in [0.29, 0.717) is 18.5 Å². The summed E-state index contributed by atoms with van der Waals surface area (Å²) in [6.45, 7) is 3.13. The van der Waals surface area contributed by atoms with E-state index >= 15 is 0 Å². The monoisotopic (exact) mass is 292 g/mol. The largest absolute Gasteiger partial charge is 0.481 e. The average molecular weight is 292 g/mol. The van der Waals surface area contributed by atoms with Crippen molar-refractivity contribution in [1.82, 2.24) is 10.3 Å². The van der Waals surface area contributed by atoms with Gasteiger partial charge in [-0.1, -0.05) is 6.07 Å². The summed E-state index contributed by atoms with van der Waals surface area (Å²) in [6, 6.07) is 4.36. The van der Waals surface area contributed by atoms with Crippen LogP contribution in [0.4, 0.5) is 0 Å². The zero-order chi connectivity index (χ0) is 15.1. The number of nitrogens with zero attached hydrogens (tertiary/aromatic N) is 1. The zero-order valence-electron chi connectivity index (χ0n) is 12.8. The van der Waals surface area contributed by atoms with Crippen molar-refractivity contribution in [2.45, 2.75) is 45.2 Å². The molecule has 1 aromatic rings. The lowest BCUT2D eigenvalue weighted by atomic mass is 9.86. The fraction of sp³-hybridized carbons (Fsp3) is 0.625. The Morgan fingerprint density at radius 1 is 1.33 bits per heavy atom. The third-order valence-electron chi connectivity index (χ3n) is 3.95. The second-order valence-corrected chi connectivity index (χ2v) is 5.39. The summed E-state index contributed by atoms with van der Waals surface area (Å²) in [5, 5.41) is 3.53. The highest BCUT2D eigenvalue weighted by Gasteiger charge is 2.26. The van der Waals surface area contributed by atoms with Gasteiger partial charge in [0.15, 0.2) is 0 Å². The molecule has 1 N–H and O–H groups in total. The van der Waals surface area contributed by atoms with Crippen LogP contribution >= 0.6 is 0 Å². The molecular weight excluding hydrogens is 268 g/mol. The van der Waals surface area contributed by atoms with Crippen LogP contribution in [0.2, 0.25) is 0 Å². The van der Waals surface area contributed by atoms with Gasteiger partial charge in [-0.15, -0.1) is 0 Å². The van der Waals surface area contributed by atoms with Crippen molar-refractivity contribution in [2.24, 2.45) is 5.92 Å². The van der Waals surface area contributed by atoms with Gasteiger partial charge >= 0.3 is 5.97 Å². The number of rotatable bonds is 6. The van der Waals surface area contributed by atoms with E-state index < -0.39 is 0 Å². The Morgan fingerprint density at radius 3 is 2.67 bits per heavy atom. The van der Waals surface area contributed by atoms with E-state index in [0.717, 1.165) is 37.8 Å². The molecule has 0 aliphatic heterocycles. The molecule has 0 spiro atoms. The first kappa shape index (κ1) is 15.8. The van der Waals surface area contributed by atoms with Crippen molar-refractivity contribution in [3.63, 3.8) is 0 Å². The second kappa shape index (κ2) is 7.98. The SMILES string of the molecule is CCOC(=O)C1CCC(NCc2ccc(OC)nc2)CC1. The highest BCUT2D eigenvalue weighted by atomic mass is 16.5. The molecule has 1 saturated carbocycles. The van der Waals surface area contributed by atoms with Crippen LogP contribution < -0.4 is 10.1 Å². The molecular formula is C16H24N2O3. The van der Waals surface area contributed by atoms with Gasteiger partial charge in [-0.2, -0.15) is 0 Å². The molecule has 1 aliphatic carbocycles. The van der Waals surface area contributed by atoms with Gasteiger partial charge in [0.2, 0.25) is 5.88 Å². The lowest BCUT2D eigenvalue weighted by molar-refractivity contribution is -0.149. The molecule has 0 amide bonds. The van der Waals surface area contributed by atoms with Crippen LogP contribution in [0.15, 0.2) is 18.3 Å². The number of carbonyl (C=O) groups excluding carboxylic acids is 1. The third-order valence-corrected chi connectivity index (χ3v) is 3.95. The number of carbonyl (C=O) groups is 1. The highest BCUT2D eigenvalue weighted by Crippen LogP contribution is 2.25. The van der Waals surface area contributed by atoms with Gasteiger partial charge in [-0.05, 0) is 38.2 Å². The fourth-order valence-corrected chi connectivity index (χ4v) is 2.69. The highest BCUT2D eigenvalue weighted by molar-refractivity contribution is 5.72. The second-order valence-electron chi connectivity index (χ2n) is 5.39. The molecule has 5 heteroatoms. The maximum Gasteiger partial charge on any atom is 0.308 e. The van der Waals surface area contributed by atoms with Crippen molar-refractivity contribution in [1.29, 1.82) is 0 Å². The first-order chi connectivity index (χ1) is 10.2. The number of hydrogen-bond donors (Lipinski definition) is 1. The number of ether oxygens (including phenoxy) is 2. The molecule has 0 atom stereocenters. The lowest BCUT2D eigenvalue weighted by Gasteiger charge is -2.28. The van der Waals surface area contributed by atoms with Crippen LogP contribution in [-0.2, 0) is 16.1 Å². The fourth-order valence-electron chi connectivity index (χ4n) is 2.69. The molecule has 1 aromatic heterocycles. The van der Waals surface area contributed by atoms with Gasteiger partial charge in [-0.25, -0.2) is 4.98 Å². The predicted molar refractivity (Wildman–Crippen MR) is 80.0 cm³/mol. The van der Waals surface area contributed by atoms with Crippen molar-refractivity contribution >= 4 is 5.97 Å². The van der Waals surface area contributed by atoms with Crippen LogP contribution in [0, 0.1) is 5.92 Å². The molecule has 5 nitrogen and oxygen atoms in total. The average Bonchev–Trinajstić information content (AvgIpc) is 2.54. The summed E-state index contributed by atoms with van der Waals surface area (Å²) in [5.74, 6) is 0.689. The molecule has 0 unspecified atom stereocenters. The van der Waals surface area contributed by atoms with E-state index in [2.05, 4.69) is 10.3 Å². The Hall–Kier alpha value is -1.62. The summed E-state index contributed by atoms with van der Waals surface area (Å²) in [6.07, 6.45) is 5.70. The summed E-state index contributed by atoms with van der Waals surface area (Å²) >= 11 is 0. The van der Waals surface area contributed by atoms with Crippen molar-refractivity contribution in [3.8, 4) is 5.88 Å². The van der Waals surface area contributed by atoms with E-state index in [9.17, 15) is 4.79 Å². The van der Waals surface area contributed by atoms with Crippen LogP contribution in [-0.4, -0.2) is 30.7 Å². The molecule has 2 rings (SSSR count). The number of pyridine rings is 1. The van der Waals surface area contributed by atoms with E-state index in [4.69, 9.17) is 9.47 Å². The summed E-state index contributed by atoms with van der Waals surface area (Å²) in [7, 11) is 1.61. The number of esters is 1. The maximum absolute atomic E-state index is 11.7. The van der Waals surface area contributed by atoms with Crippen LogP contribution in [0.25, 0.3) is 0 Å². The van der Waals surface area contributed by atoms with Crippen molar-refractivity contribution in [2.75, 3.05) is 13.7 Å². The van der Waals surface area contributed by atoms with Gasteiger partial charge in [0.1, 0.15) is 0 Å². The molecule has 1 fully saturated rings. The summed E-state index contributed by atoms with van der Waals surface area (Å²) < 4.78 is 10.1. The molecule has 0 radical (unpaired) electrons. The molecule has 116 valence electrons. The van der Waals surface area contributed by atoms with E-state index in [1.54, 1.807) is 7.11 Å². The Labute approximate surface area is 126 Å². The van der Waals surface area contributed by atoms with E-state index in [-0.39, 0.29) is 11.9 Å². The Morgan fingerprint density at radius 2 is 2.10 bits per heavy atom. The Kier molecular flexibility index (Phi) is 5.99. The Balaban J connectivity index is 1.72. The summed E-state index contributed by atoms with van der Waals surface area (Å²) in [5.41, 5.74) is 1.14. The number of aromatic nitrogens is 1. The van der Waals surface area contributed by atoms with Crippen molar-refractivity contribution < 1.29 is 14.3 Å². The van der Waals surface area contributed by atoms with E-state index in [1.165, 1.54) is 0 Å². The minimum Gasteiger partial charge on any atom is -0.481 e. The van der Waals surface area contributed by atoms with Crippen molar-refractivity contribution in [3.05, 3.63) is 23.9 Å². The van der Waals surface area contributed by atoms with Gasteiger partial charge in [0, 0.05) is 24.8 Å². The number of hydrogen-bond acceptors (Lipinski definition) is 5. The number of methoxy groups -OCH3 is 1. The summed E-state index contributed by atoms with van der Waals surface area (Å²) in [4.78, 5) is 15.9. The maximum atomic E-state index is 11.7. The molecule has 0 bridgehead atoms.